The van der Waals surface area contributed by atoms with Gasteiger partial charge in [0.05, 0.1) is 16.7 Å². The third-order valence-corrected chi connectivity index (χ3v) is 12.3. The van der Waals surface area contributed by atoms with Crippen LogP contribution in [-0.2, 0) is 0 Å². The van der Waals surface area contributed by atoms with Gasteiger partial charge in [-0.2, -0.15) is 0 Å². The van der Waals surface area contributed by atoms with E-state index < -0.39 is 0 Å². The molecule has 3 aromatic heterocycles. The van der Waals surface area contributed by atoms with E-state index in [1.807, 2.05) is 46.9 Å². The van der Waals surface area contributed by atoms with Gasteiger partial charge in [-0.3, -0.25) is 0 Å². The van der Waals surface area contributed by atoms with Crippen molar-refractivity contribution in [2.45, 2.75) is 6.17 Å². The summed E-state index contributed by atoms with van der Waals surface area (Å²) in [5.41, 5.74) is 6.85. The second kappa shape index (κ2) is 11.2. The molecule has 7 aromatic carbocycles. The Morgan fingerprint density at radius 3 is 1.94 bits per heavy atom. The summed E-state index contributed by atoms with van der Waals surface area (Å²) >= 11 is 3.73. The Morgan fingerprint density at radius 2 is 1.16 bits per heavy atom. The summed E-state index contributed by atoms with van der Waals surface area (Å²) in [6, 6.07) is 56.5. The van der Waals surface area contributed by atoms with Gasteiger partial charge >= 0.3 is 0 Å². The zero-order chi connectivity index (χ0) is 33.5. The zero-order valence-corrected chi connectivity index (χ0v) is 28.9. The van der Waals surface area contributed by atoms with E-state index in [9.17, 15) is 0 Å². The Balaban J connectivity index is 1.08. The molecule has 0 saturated heterocycles. The summed E-state index contributed by atoms with van der Waals surface area (Å²) in [4.78, 5) is 10.2. The number of aromatic nitrogens is 1. The van der Waals surface area contributed by atoms with Crippen LogP contribution in [0.15, 0.2) is 168 Å². The monoisotopic (exact) mass is 688 g/mol. The van der Waals surface area contributed by atoms with Gasteiger partial charge < -0.3 is 9.88 Å². The minimum absolute atomic E-state index is 0.226. The highest BCUT2D eigenvalue weighted by molar-refractivity contribution is 7.28. The van der Waals surface area contributed by atoms with E-state index in [0.717, 1.165) is 28.4 Å². The van der Waals surface area contributed by atoms with E-state index in [0.29, 0.717) is 0 Å². The molecular weight excluding hydrogens is 661 g/mol. The molecule has 51 heavy (non-hydrogen) atoms. The summed E-state index contributed by atoms with van der Waals surface area (Å²) in [6.07, 6.45) is -0.226. The van der Waals surface area contributed by atoms with Crippen molar-refractivity contribution in [2.24, 2.45) is 9.98 Å². The van der Waals surface area contributed by atoms with E-state index in [4.69, 9.17) is 9.98 Å². The van der Waals surface area contributed by atoms with Gasteiger partial charge in [0, 0.05) is 62.2 Å². The molecule has 4 heterocycles. The molecule has 1 aliphatic rings. The second-order valence-corrected chi connectivity index (χ2v) is 15.2. The van der Waals surface area contributed by atoms with E-state index in [1.54, 1.807) is 0 Å². The number of benzene rings is 7. The number of hydrogen-bond donors (Lipinski definition) is 1. The Hall–Kier alpha value is -6.08. The third-order valence-electron chi connectivity index (χ3n) is 10.1. The van der Waals surface area contributed by atoms with Crippen LogP contribution < -0.4 is 5.32 Å². The molecule has 0 aliphatic carbocycles. The molecule has 11 rings (SSSR count). The van der Waals surface area contributed by atoms with Crippen LogP contribution >= 0.6 is 22.7 Å². The van der Waals surface area contributed by atoms with Crippen LogP contribution in [0.25, 0.3) is 67.8 Å². The maximum Gasteiger partial charge on any atom is 0.159 e. The predicted octanol–water partition coefficient (Wildman–Crippen LogP) is 12.0. The first-order valence-electron chi connectivity index (χ1n) is 17.1. The minimum atomic E-state index is -0.226. The van der Waals surface area contributed by atoms with Gasteiger partial charge in [0.1, 0.15) is 12.0 Å². The number of thiophene rings is 2. The molecular formula is C45H28N4S2. The normalized spacial score (nSPS) is 14.9. The molecule has 0 spiro atoms. The average molecular weight is 689 g/mol. The number of nitrogens with one attached hydrogen (secondary N) is 1. The lowest BCUT2D eigenvalue weighted by atomic mass is 10.1. The average Bonchev–Trinajstić information content (AvgIpc) is 3.86. The molecule has 0 amide bonds. The van der Waals surface area contributed by atoms with Crippen molar-refractivity contribution in [3.05, 3.63) is 174 Å². The van der Waals surface area contributed by atoms with Gasteiger partial charge in [-0.1, -0.05) is 115 Å². The number of para-hydroxylation sites is 2. The van der Waals surface area contributed by atoms with Crippen molar-refractivity contribution in [3.63, 3.8) is 0 Å². The summed E-state index contributed by atoms with van der Waals surface area (Å²) in [5, 5.41) is 11.3. The molecule has 10 aromatic rings. The van der Waals surface area contributed by atoms with Crippen molar-refractivity contribution in [1.82, 2.24) is 9.88 Å². The number of amidine groups is 2. The highest BCUT2D eigenvalue weighted by Crippen LogP contribution is 2.45. The summed E-state index contributed by atoms with van der Waals surface area (Å²) < 4.78 is 7.60. The maximum atomic E-state index is 5.13. The first kappa shape index (κ1) is 28.7. The van der Waals surface area contributed by atoms with Crippen LogP contribution in [0.5, 0.6) is 0 Å². The Morgan fingerprint density at radius 1 is 0.490 bits per heavy atom. The summed E-state index contributed by atoms with van der Waals surface area (Å²) in [7, 11) is 0. The second-order valence-electron chi connectivity index (χ2n) is 13.0. The van der Waals surface area contributed by atoms with Crippen molar-refractivity contribution < 1.29 is 0 Å². The number of rotatable bonds is 4. The quantitative estimate of drug-likeness (QED) is 0.196. The topological polar surface area (TPSA) is 41.7 Å². The smallest absolute Gasteiger partial charge is 0.159 e. The van der Waals surface area contributed by atoms with Crippen molar-refractivity contribution in [1.29, 1.82) is 0 Å². The summed E-state index contributed by atoms with van der Waals surface area (Å²) in [5.74, 6) is 1.57. The van der Waals surface area contributed by atoms with Crippen molar-refractivity contribution >= 4 is 96.5 Å². The molecule has 1 atom stereocenters. The predicted molar refractivity (Wildman–Crippen MR) is 218 cm³/mol. The Labute approximate surface area is 301 Å². The first-order valence-corrected chi connectivity index (χ1v) is 18.7. The standard InChI is InChI=1S/C45H28N4S2/c1-3-12-27(13-4-1)43-46-44(28-14-5-2-6-15-28)48-45(47-43)29-22-23-32-33-25-34-41(26-40(33)51-39(32)24-29)50-38-21-11-20-37(42(34)38)49-35-18-9-7-16-30(35)31-17-8-10-19-36(31)49/h1-26,43H,(H,46,47,48). The Bertz CT molecular complexity index is 3000. The van der Waals surface area contributed by atoms with Crippen LogP contribution in [0, 0.1) is 0 Å². The van der Waals surface area contributed by atoms with Crippen LogP contribution in [0.2, 0.25) is 0 Å². The van der Waals surface area contributed by atoms with Gasteiger partial charge in [0.25, 0.3) is 0 Å². The molecule has 6 heteroatoms. The number of nitrogens with zero attached hydrogens (tertiary/aromatic N) is 3. The highest BCUT2D eigenvalue weighted by atomic mass is 32.1. The molecule has 0 saturated carbocycles. The van der Waals surface area contributed by atoms with Gasteiger partial charge in [0.15, 0.2) is 5.84 Å². The van der Waals surface area contributed by atoms with Gasteiger partial charge in [0.2, 0.25) is 0 Å². The van der Waals surface area contributed by atoms with E-state index in [-0.39, 0.29) is 6.17 Å². The number of hydrogen-bond acceptors (Lipinski definition) is 5. The van der Waals surface area contributed by atoms with E-state index >= 15 is 0 Å². The molecule has 240 valence electrons. The van der Waals surface area contributed by atoms with Crippen LogP contribution in [-0.4, -0.2) is 16.2 Å². The molecule has 1 unspecified atom stereocenters. The molecule has 0 fully saturated rings. The maximum absolute atomic E-state index is 5.13. The lowest BCUT2D eigenvalue weighted by Crippen LogP contribution is -2.33. The molecule has 0 radical (unpaired) electrons. The molecule has 1 N–H and O–H groups in total. The molecule has 1 aliphatic heterocycles. The van der Waals surface area contributed by atoms with Gasteiger partial charge in [-0.05, 0) is 48.0 Å². The van der Waals surface area contributed by atoms with Crippen molar-refractivity contribution in [2.75, 3.05) is 0 Å². The molecule has 0 bridgehead atoms. The zero-order valence-electron chi connectivity index (χ0n) is 27.2. The lowest BCUT2D eigenvalue weighted by molar-refractivity contribution is 0.674. The fraction of sp³-hybridized carbons (Fsp3) is 0.0222. The van der Waals surface area contributed by atoms with Crippen LogP contribution in [0.3, 0.4) is 0 Å². The van der Waals surface area contributed by atoms with E-state index in [1.165, 1.54) is 67.8 Å². The highest BCUT2D eigenvalue weighted by Gasteiger charge is 2.22. The van der Waals surface area contributed by atoms with Crippen LogP contribution in [0.4, 0.5) is 0 Å². The first-order chi connectivity index (χ1) is 25.3. The summed E-state index contributed by atoms with van der Waals surface area (Å²) in [6.45, 7) is 0. The lowest BCUT2D eigenvalue weighted by Gasteiger charge is -2.23. The third kappa shape index (κ3) is 4.50. The number of fused-ring (bicyclic) bond motifs is 9. The van der Waals surface area contributed by atoms with Gasteiger partial charge in [-0.15, -0.1) is 22.7 Å². The molecule has 4 nitrogen and oxygen atoms in total. The van der Waals surface area contributed by atoms with Crippen LogP contribution in [0.1, 0.15) is 22.9 Å². The largest absolute Gasteiger partial charge is 0.344 e. The van der Waals surface area contributed by atoms with Gasteiger partial charge in [-0.25, -0.2) is 9.98 Å². The van der Waals surface area contributed by atoms with Crippen molar-refractivity contribution in [3.8, 4) is 5.69 Å². The minimum Gasteiger partial charge on any atom is -0.344 e. The van der Waals surface area contributed by atoms with E-state index in [2.05, 4.69) is 143 Å². The SMILES string of the molecule is c1ccc(C2=NC(c3ccc4c(c3)sc3cc5sc6cccc(-n7c8ccccc8c8ccccc87)c6c5cc34)=NC(c3ccccc3)N2)cc1. The fourth-order valence-electron chi connectivity index (χ4n) is 7.71. The number of aliphatic imine (C=N–C) groups is 2. The fourth-order valence-corrected chi connectivity index (χ4v) is 10.1. The Kier molecular flexibility index (Phi) is 6.32.